The van der Waals surface area contributed by atoms with Crippen molar-refractivity contribution in [2.45, 2.75) is 110 Å². The Balaban J connectivity index is 3.38. The average Bonchev–Trinajstić information content (AvgIpc) is 2.60. The fraction of sp³-hybridized carbons (Fsp3) is 0.905. The van der Waals surface area contributed by atoms with Gasteiger partial charge >= 0.3 is 0 Å². The zero-order valence-electron chi connectivity index (χ0n) is 17.4. The van der Waals surface area contributed by atoms with Gasteiger partial charge in [-0.15, -0.1) is 0 Å². The van der Waals surface area contributed by atoms with Crippen molar-refractivity contribution in [2.75, 3.05) is 12.5 Å². The lowest BCUT2D eigenvalue weighted by atomic mass is 10.1. The molecular formula is C21H42O4S. The number of allylic oxidation sites excluding steroid dienone is 2. The minimum absolute atomic E-state index is 0.0394. The van der Waals surface area contributed by atoms with Gasteiger partial charge in [0.05, 0.1) is 12.7 Å². The SMILES string of the molecule is CCCCCCCC/C=C\CCCCCCC(C)OCS(=O)(=O)OCC. The largest absolute Gasteiger partial charge is 0.360 e. The number of hydrogen-bond donors (Lipinski definition) is 0. The molecule has 1 unspecified atom stereocenters. The van der Waals surface area contributed by atoms with Crippen molar-refractivity contribution < 1.29 is 17.3 Å². The highest BCUT2D eigenvalue weighted by Gasteiger charge is 2.12. The smallest absolute Gasteiger partial charge is 0.291 e. The van der Waals surface area contributed by atoms with E-state index in [1.165, 1.54) is 70.6 Å². The second-order valence-corrected chi connectivity index (χ2v) is 8.67. The number of hydrogen-bond acceptors (Lipinski definition) is 4. The maximum Gasteiger partial charge on any atom is 0.291 e. The van der Waals surface area contributed by atoms with Gasteiger partial charge in [-0.1, -0.05) is 70.4 Å². The summed E-state index contributed by atoms with van der Waals surface area (Å²) in [6, 6.07) is 0. The van der Waals surface area contributed by atoms with Crippen LogP contribution in [0.15, 0.2) is 12.2 Å². The predicted molar refractivity (Wildman–Crippen MR) is 111 cm³/mol. The molecule has 0 fully saturated rings. The van der Waals surface area contributed by atoms with Crippen molar-refractivity contribution in [3.63, 3.8) is 0 Å². The van der Waals surface area contributed by atoms with Crippen LogP contribution in [0.1, 0.15) is 104 Å². The summed E-state index contributed by atoms with van der Waals surface area (Å²) in [5, 5.41) is 0. The van der Waals surface area contributed by atoms with Gasteiger partial charge in [0, 0.05) is 0 Å². The lowest BCUT2D eigenvalue weighted by Gasteiger charge is -2.12. The van der Waals surface area contributed by atoms with Crippen LogP contribution in [0.3, 0.4) is 0 Å². The molecule has 0 saturated carbocycles. The van der Waals surface area contributed by atoms with Crippen molar-refractivity contribution in [3.8, 4) is 0 Å². The van der Waals surface area contributed by atoms with Crippen LogP contribution in [0.2, 0.25) is 0 Å². The van der Waals surface area contributed by atoms with Gasteiger partial charge in [0.15, 0.2) is 5.94 Å². The average molecular weight is 391 g/mol. The molecule has 0 N–H and O–H groups in total. The summed E-state index contributed by atoms with van der Waals surface area (Å²) >= 11 is 0. The molecule has 0 aliphatic rings. The van der Waals surface area contributed by atoms with E-state index in [4.69, 9.17) is 4.74 Å². The Labute approximate surface area is 162 Å². The van der Waals surface area contributed by atoms with E-state index in [0.717, 1.165) is 12.8 Å². The van der Waals surface area contributed by atoms with E-state index in [1.54, 1.807) is 6.92 Å². The summed E-state index contributed by atoms with van der Waals surface area (Å²) in [6.45, 7) is 6.00. The monoisotopic (exact) mass is 390 g/mol. The van der Waals surface area contributed by atoms with E-state index >= 15 is 0 Å². The molecule has 0 heterocycles. The first-order valence-electron chi connectivity index (χ1n) is 10.7. The van der Waals surface area contributed by atoms with Gasteiger partial charge in [-0.2, -0.15) is 8.42 Å². The van der Waals surface area contributed by atoms with Crippen molar-refractivity contribution in [1.29, 1.82) is 0 Å². The van der Waals surface area contributed by atoms with Gasteiger partial charge in [0.25, 0.3) is 10.1 Å². The molecule has 5 heteroatoms. The molecule has 26 heavy (non-hydrogen) atoms. The molecule has 0 amide bonds. The number of rotatable bonds is 19. The molecule has 0 aliphatic heterocycles. The normalized spacial score (nSPS) is 13.5. The second-order valence-electron chi connectivity index (χ2n) is 7.08. The van der Waals surface area contributed by atoms with Gasteiger partial charge < -0.3 is 4.74 Å². The van der Waals surface area contributed by atoms with Crippen LogP contribution >= 0.6 is 0 Å². The Morgan fingerprint density at radius 3 is 1.92 bits per heavy atom. The molecule has 0 aromatic rings. The first kappa shape index (κ1) is 25.6. The van der Waals surface area contributed by atoms with E-state index in [0.29, 0.717) is 0 Å². The summed E-state index contributed by atoms with van der Waals surface area (Å²) in [5.74, 6) is -0.342. The lowest BCUT2D eigenvalue weighted by Crippen LogP contribution is -2.18. The topological polar surface area (TPSA) is 52.6 Å². The Morgan fingerprint density at radius 2 is 1.35 bits per heavy atom. The molecule has 0 spiro atoms. The second kappa shape index (κ2) is 18.0. The summed E-state index contributed by atoms with van der Waals surface area (Å²) in [4.78, 5) is 0. The molecule has 0 bridgehead atoms. The summed E-state index contributed by atoms with van der Waals surface area (Å²) in [6.07, 6.45) is 20.8. The van der Waals surface area contributed by atoms with Crippen molar-refractivity contribution >= 4 is 10.1 Å². The fourth-order valence-corrected chi connectivity index (χ4v) is 3.65. The molecule has 1 atom stereocenters. The van der Waals surface area contributed by atoms with Crippen LogP contribution in [0.5, 0.6) is 0 Å². The fourth-order valence-electron chi connectivity index (χ4n) is 2.82. The van der Waals surface area contributed by atoms with Gasteiger partial charge in [0.2, 0.25) is 0 Å². The maximum absolute atomic E-state index is 11.4. The highest BCUT2D eigenvalue weighted by molar-refractivity contribution is 7.86. The quantitative estimate of drug-likeness (QED) is 0.146. The van der Waals surface area contributed by atoms with E-state index in [9.17, 15) is 8.42 Å². The predicted octanol–water partition coefficient (Wildman–Crippen LogP) is 6.36. The van der Waals surface area contributed by atoms with Gasteiger partial charge in [0.1, 0.15) is 0 Å². The van der Waals surface area contributed by atoms with Crippen LogP contribution in [0, 0.1) is 0 Å². The molecule has 0 aliphatic carbocycles. The zero-order valence-corrected chi connectivity index (χ0v) is 18.2. The Hall–Kier alpha value is -0.390. The first-order valence-corrected chi connectivity index (χ1v) is 12.2. The molecule has 0 radical (unpaired) electrons. The third kappa shape index (κ3) is 18.4. The van der Waals surface area contributed by atoms with Crippen molar-refractivity contribution in [1.82, 2.24) is 0 Å². The van der Waals surface area contributed by atoms with Gasteiger partial charge in [-0.05, 0) is 46.0 Å². The molecule has 156 valence electrons. The lowest BCUT2D eigenvalue weighted by molar-refractivity contribution is 0.0855. The minimum Gasteiger partial charge on any atom is -0.360 e. The standard InChI is InChI=1S/C21H42O4S/c1-4-6-7-8-9-10-11-12-13-14-15-16-17-18-19-21(3)24-20-26(22,23)25-5-2/h12-13,21H,4-11,14-20H2,1-3H3/b13-12-. The maximum atomic E-state index is 11.4. The molecular weight excluding hydrogens is 348 g/mol. The van der Waals surface area contributed by atoms with E-state index < -0.39 is 10.1 Å². The zero-order chi connectivity index (χ0) is 19.5. The van der Waals surface area contributed by atoms with Crippen LogP contribution in [-0.2, 0) is 19.0 Å². The Bertz CT molecular complexity index is 418. The van der Waals surface area contributed by atoms with Gasteiger partial charge in [-0.3, -0.25) is 4.18 Å². The summed E-state index contributed by atoms with van der Waals surface area (Å²) in [5.41, 5.74) is 0. The minimum atomic E-state index is -3.52. The van der Waals surface area contributed by atoms with E-state index in [1.807, 2.05) is 6.92 Å². The third-order valence-corrected chi connectivity index (χ3v) is 5.44. The van der Waals surface area contributed by atoms with Crippen LogP contribution in [0.4, 0.5) is 0 Å². The van der Waals surface area contributed by atoms with Crippen LogP contribution in [0.25, 0.3) is 0 Å². The van der Waals surface area contributed by atoms with Crippen molar-refractivity contribution in [3.05, 3.63) is 12.2 Å². The van der Waals surface area contributed by atoms with Crippen molar-refractivity contribution in [2.24, 2.45) is 0 Å². The van der Waals surface area contributed by atoms with Crippen LogP contribution in [-0.4, -0.2) is 27.1 Å². The molecule has 4 nitrogen and oxygen atoms in total. The van der Waals surface area contributed by atoms with Gasteiger partial charge in [-0.25, -0.2) is 0 Å². The van der Waals surface area contributed by atoms with E-state index in [-0.39, 0.29) is 18.6 Å². The summed E-state index contributed by atoms with van der Waals surface area (Å²) < 4.78 is 32.8. The Morgan fingerprint density at radius 1 is 0.808 bits per heavy atom. The molecule has 0 rings (SSSR count). The molecule has 0 aromatic heterocycles. The summed E-state index contributed by atoms with van der Waals surface area (Å²) in [7, 11) is -3.52. The van der Waals surface area contributed by atoms with E-state index in [2.05, 4.69) is 23.3 Å². The Kier molecular flexibility index (Phi) is 17.7. The first-order chi connectivity index (χ1) is 12.5. The number of unbranched alkanes of at least 4 members (excludes halogenated alkanes) is 10. The molecule has 0 saturated heterocycles. The van der Waals surface area contributed by atoms with Crippen LogP contribution < -0.4 is 0 Å². The molecule has 0 aromatic carbocycles. The third-order valence-electron chi connectivity index (χ3n) is 4.42. The highest BCUT2D eigenvalue weighted by Crippen LogP contribution is 2.11. The highest BCUT2D eigenvalue weighted by atomic mass is 32.2. The number of ether oxygens (including phenoxy) is 1.